The van der Waals surface area contributed by atoms with Crippen molar-refractivity contribution < 1.29 is 0 Å². The van der Waals surface area contributed by atoms with Crippen LogP contribution in [0.3, 0.4) is 0 Å². The average Bonchev–Trinajstić information content (AvgIpc) is 3.24. The van der Waals surface area contributed by atoms with E-state index in [4.69, 9.17) is 9.97 Å². The van der Waals surface area contributed by atoms with Gasteiger partial charge in [-0.05, 0) is 51.9 Å². The summed E-state index contributed by atoms with van der Waals surface area (Å²) in [4.78, 5) is 10.1. The van der Waals surface area contributed by atoms with Crippen molar-refractivity contribution in [2.75, 3.05) is 0 Å². The topological polar surface area (TPSA) is 25.8 Å². The number of benzene rings is 4. The summed E-state index contributed by atoms with van der Waals surface area (Å²) in [6.07, 6.45) is 7.82. The van der Waals surface area contributed by atoms with Crippen LogP contribution >= 0.6 is 0 Å². The fourth-order valence-corrected chi connectivity index (χ4v) is 6.08. The standard InChI is InChI=1S/C37H30N2/c1-37(2)32-16-10-9-15-30(32)31-22-21-29(23-33(31)37)35-24-34(38-36(39-35)28-13-7-4-8-14-28)27-19-17-26(18-20-27)25-11-5-3-6-12-25/h3-17,19-24,26H,18H2,1-2H3. The molecule has 0 fully saturated rings. The molecule has 0 radical (unpaired) electrons. The molecule has 5 aromatic rings. The van der Waals surface area contributed by atoms with Crippen molar-refractivity contribution in [2.45, 2.75) is 31.6 Å². The van der Waals surface area contributed by atoms with Crippen LogP contribution in [0.2, 0.25) is 0 Å². The zero-order chi connectivity index (χ0) is 26.4. The van der Waals surface area contributed by atoms with Gasteiger partial charge in [-0.2, -0.15) is 0 Å². The average molecular weight is 503 g/mol. The lowest BCUT2D eigenvalue weighted by atomic mass is 9.82. The molecule has 4 aromatic carbocycles. The Morgan fingerprint density at radius 3 is 2.10 bits per heavy atom. The second kappa shape index (κ2) is 9.32. The minimum atomic E-state index is -0.0544. The van der Waals surface area contributed by atoms with Crippen LogP contribution in [0.25, 0.3) is 39.3 Å². The first-order valence-corrected chi connectivity index (χ1v) is 13.7. The molecule has 188 valence electrons. The van der Waals surface area contributed by atoms with Gasteiger partial charge in [-0.3, -0.25) is 0 Å². The van der Waals surface area contributed by atoms with Gasteiger partial charge in [0.05, 0.1) is 11.4 Å². The molecule has 0 aliphatic heterocycles. The summed E-state index contributed by atoms with van der Waals surface area (Å²) in [5.74, 6) is 1.15. The Kier molecular flexibility index (Phi) is 5.63. The van der Waals surface area contributed by atoms with Crippen molar-refractivity contribution in [3.8, 4) is 33.8 Å². The van der Waals surface area contributed by atoms with Gasteiger partial charge in [0.2, 0.25) is 0 Å². The molecule has 0 saturated heterocycles. The van der Waals surface area contributed by atoms with Crippen LogP contribution in [-0.4, -0.2) is 9.97 Å². The van der Waals surface area contributed by atoms with Gasteiger partial charge in [-0.25, -0.2) is 9.97 Å². The molecule has 0 bridgehead atoms. The smallest absolute Gasteiger partial charge is 0.160 e. The fourth-order valence-electron chi connectivity index (χ4n) is 6.08. The van der Waals surface area contributed by atoms with E-state index >= 15 is 0 Å². The third-order valence-electron chi connectivity index (χ3n) is 8.26. The lowest BCUT2D eigenvalue weighted by Crippen LogP contribution is -2.15. The molecule has 0 N–H and O–H groups in total. The second-order valence-electron chi connectivity index (χ2n) is 11.0. The van der Waals surface area contributed by atoms with E-state index in [2.05, 4.69) is 123 Å². The predicted octanol–water partition coefficient (Wildman–Crippen LogP) is 9.24. The second-order valence-corrected chi connectivity index (χ2v) is 11.0. The lowest BCUT2D eigenvalue weighted by Gasteiger charge is -2.22. The molecule has 1 unspecified atom stereocenters. The van der Waals surface area contributed by atoms with Crippen LogP contribution in [0, 0.1) is 0 Å². The molecule has 1 heterocycles. The van der Waals surface area contributed by atoms with E-state index in [0.29, 0.717) is 5.92 Å². The van der Waals surface area contributed by atoms with Gasteiger partial charge in [0.15, 0.2) is 5.82 Å². The van der Waals surface area contributed by atoms with E-state index in [1.165, 1.54) is 27.8 Å². The van der Waals surface area contributed by atoms with Gasteiger partial charge >= 0.3 is 0 Å². The number of aromatic nitrogens is 2. The number of allylic oxidation sites excluding steroid dienone is 4. The monoisotopic (exact) mass is 502 g/mol. The minimum Gasteiger partial charge on any atom is -0.228 e. The molecule has 0 saturated carbocycles. The highest BCUT2D eigenvalue weighted by Gasteiger charge is 2.35. The van der Waals surface area contributed by atoms with E-state index in [1.54, 1.807) is 0 Å². The van der Waals surface area contributed by atoms with Gasteiger partial charge in [0.25, 0.3) is 0 Å². The van der Waals surface area contributed by atoms with Crippen LogP contribution < -0.4 is 0 Å². The van der Waals surface area contributed by atoms with Gasteiger partial charge in [0, 0.05) is 22.5 Å². The van der Waals surface area contributed by atoms with Crippen LogP contribution in [0.15, 0.2) is 127 Å². The Balaban J connectivity index is 1.31. The molecule has 0 amide bonds. The molecular weight excluding hydrogens is 472 g/mol. The van der Waals surface area contributed by atoms with Crippen molar-refractivity contribution in [1.29, 1.82) is 0 Å². The van der Waals surface area contributed by atoms with Crippen molar-refractivity contribution in [3.63, 3.8) is 0 Å². The Morgan fingerprint density at radius 1 is 0.641 bits per heavy atom. The first-order valence-electron chi connectivity index (χ1n) is 13.7. The zero-order valence-corrected chi connectivity index (χ0v) is 22.3. The van der Waals surface area contributed by atoms with E-state index in [-0.39, 0.29) is 5.41 Å². The van der Waals surface area contributed by atoms with E-state index in [1.807, 2.05) is 18.2 Å². The van der Waals surface area contributed by atoms with Crippen LogP contribution in [-0.2, 0) is 5.41 Å². The number of rotatable bonds is 4. The highest BCUT2D eigenvalue weighted by atomic mass is 14.9. The SMILES string of the molecule is CC1(C)c2ccccc2-c2ccc(-c3cc(C4=CCC(c5ccccc5)C=C4)nc(-c4ccccc4)n3)cc21. The van der Waals surface area contributed by atoms with Gasteiger partial charge in [-0.15, -0.1) is 0 Å². The van der Waals surface area contributed by atoms with Crippen molar-refractivity contribution in [2.24, 2.45) is 0 Å². The van der Waals surface area contributed by atoms with Gasteiger partial charge in [0.1, 0.15) is 0 Å². The molecule has 2 aliphatic carbocycles. The van der Waals surface area contributed by atoms with Gasteiger partial charge in [-0.1, -0.05) is 129 Å². The van der Waals surface area contributed by atoms with E-state index in [0.717, 1.165) is 40.3 Å². The maximum absolute atomic E-state index is 5.09. The number of nitrogens with zero attached hydrogens (tertiary/aromatic N) is 2. The molecule has 2 heteroatoms. The lowest BCUT2D eigenvalue weighted by molar-refractivity contribution is 0.660. The summed E-state index contributed by atoms with van der Waals surface area (Å²) in [5, 5.41) is 0. The molecule has 39 heavy (non-hydrogen) atoms. The normalized spacial score (nSPS) is 16.9. The summed E-state index contributed by atoms with van der Waals surface area (Å²) in [6.45, 7) is 4.64. The highest BCUT2D eigenvalue weighted by molar-refractivity contribution is 5.84. The van der Waals surface area contributed by atoms with Crippen molar-refractivity contribution >= 4 is 5.57 Å². The minimum absolute atomic E-state index is 0.0544. The van der Waals surface area contributed by atoms with Crippen LogP contribution in [0.5, 0.6) is 0 Å². The third kappa shape index (κ3) is 4.13. The van der Waals surface area contributed by atoms with E-state index < -0.39 is 0 Å². The fraction of sp³-hybridized carbons (Fsp3) is 0.135. The third-order valence-corrected chi connectivity index (χ3v) is 8.26. The Morgan fingerprint density at radius 2 is 1.33 bits per heavy atom. The van der Waals surface area contributed by atoms with Crippen LogP contribution in [0.4, 0.5) is 0 Å². The number of hydrogen-bond acceptors (Lipinski definition) is 2. The summed E-state index contributed by atoms with van der Waals surface area (Å²) < 4.78 is 0. The predicted molar refractivity (Wildman–Crippen MR) is 161 cm³/mol. The first-order chi connectivity index (χ1) is 19.1. The van der Waals surface area contributed by atoms with Crippen molar-refractivity contribution in [3.05, 3.63) is 150 Å². The number of fused-ring (bicyclic) bond motifs is 3. The maximum Gasteiger partial charge on any atom is 0.160 e. The molecule has 0 spiro atoms. The first kappa shape index (κ1) is 23.5. The Labute approximate surface area is 230 Å². The molecular formula is C37H30N2. The largest absolute Gasteiger partial charge is 0.228 e. The molecule has 2 nitrogen and oxygen atoms in total. The summed E-state index contributed by atoms with van der Waals surface area (Å²) in [7, 11) is 0. The Bertz CT molecular complexity index is 1740. The van der Waals surface area contributed by atoms with Crippen molar-refractivity contribution in [1.82, 2.24) is 9.97 Å². The summed E-state index contributed by atoms with van der Waals surface area (Å²) >= 11 is 0. The van der Waals surface area contributed by atoms with Gasteiger partial charge < -0.3 is 0 Å². The molecule has 7 rings (SSSR count). The number of hydrogen-bond donors (Lipinski definition) is 0. The van der Waals surface area contributed by atoms with E-state index in [9.17, 15) is 0 Å². The maximum atomic E-state index is 5.09. The molecule has 1 aromatic heterocycles. The summed E-state index contributed by atoms with van der Waals surface area (Å²) in [5.41, 5.74) is 11.9. The summed E-state index contributed by atoms with van der Waals surface area (Å²) in [6, 6.07) is 38.8. The quantitative estimate of drug-likeness (QED) is 0.245. The van der Waals surface area contributed by atoms with Crippen LogP contribution in [0.1, 0.15) is 48.6 Å². The highest BCUT2D eigenvalue weighted by Crippen LogP contribution is 2.49. The Hall–Kier alpha value is -4.56. The molecule has 2 aliphatic rings. The molecule has 1 atom stereocenters. The zero-order valence-electron chi connectivity index (χ0n) is 22.3.